The molecule has 2 aromatic rings. The molecule has 1 aromatic carbocycles. The minimum Gasteiger partial charge on any atom is -0.379 e. The number of hydrogen-bond donors (Lipinski definition) is 4. The summed E-state index contributed by atoms with van der Waals surface area (Å²) in [5.74, 6) is -1.99. The molecule has 1 aliphatic heterocycles. The van der Waals surface area contributed by atoms with Gasteiger partial charge in [-0.25, -0.2) is 32.0 Å². The van der Waals surface area contributed by atoms with Crippen LogP contribution in [0.25, 0.3) is 0 Å². The van der Waals surface area contributed by atoms with Crippen LogP contribution in [-0.4, -0.2) is 74.5 Å². The number of carbonyl (C=O) groups is 1. The van der Waals surface area contributed by atoms with Crippen LogP contribution in [0.1, 0.15) is 13.3 Å². The lowest BCUT2D eigenvalue weighted by Crippen LogP contribution is -2.39. The highest BCUT2D eigenvalue weighted by molar-refractivity contribution is 7.92. The van der Waals surface area contributed by atoms with Gasteiger partial charge < -0.3 is 15.4 Å². The first-order chi connectivity index (χ1) is 16.3. The number of morpholine rings is 1. The Labute approximate surface area is 196 Å². The third kappa shape index (κ3) is 7.46. The average Bonchev–Trinajstić information content (AvgIpc) is 2.79. The van der Waals surface area contributed by atoms with E-state index in [1.54, 1.807) is 6.92 Å². The summed E-state index contributed by atoms with van der Waals surface area (Å²) in [5, 5.41) is 7.55. The van der Waals surface area contributed by atoms with Crippen LogP contribution >= 0.6 is 0 Å². The van der Waals surface area contributed by atoms with E-state index in [-0.39, 0.29) is 11.6 Å². The molecule has 34 heavy (non-hydrogen) atoms. The molecule has 3 rings (SSSR count). The molecule has 1 saturated heterocycles. The largest absolute Gasteiger partial charge is 0.379 e. The van der Waals surface area contributed by atoms with E-state index in [1.165, 1.54) is 12.4 Å². The van der Waals surface area contributed by atoms with Crippen molar-refractivity contribution in [1.29, 1.82) is 0 Å². The summed E-state index contributed by atoms with van der Waals surface area (Å²) in [6.45, 7) is 6.15. The summed E-state index contributed by atoms with van der Waals surface area (Å²) in [4.78, 5) is 22.6. The lowest BCUT2D eigenvalue weighted by Gasteiger charge is -2.26. The Morgan fingerprint density at radius 2 is 1.88 bits per heavy atom. The number of sulfonamides is 1. The Kier molecular flexibility index (Phi) is 8.90. The second kappa shape index (κ2) is 11.9. The second-order valence-corrected chi connectivity index (χ2v) is 9.30. The molecule has 4 N–H and O–H groups in total. The molecule has 2 heterocycles. The van der Waals surface area contributed by atoms with Crippen molar-refractivity contribution in [3.63, 3.8) is 0 Å². The maximum atomic E-state index is 14.7. The number of hydrogen-bond acceptors (Lipinski definition) is 8. The Balaban J connectivity index is 1.60. The zero-order valence-corrected chi connectivity index (χ0v) is 19.4. The molecule has 0 aliphatic carbocycles. The number of urea groups is 1. The Bertz CT molecular complexity index is 1100. The Hall–Kier alpha value is -3.10. The summed E-state index contributed by atoms with van der Waals surface area (Å²) in [5.41, 5.74) is -1.27. The van der Waals surface area contributed by atoms with E-state index in [0.29, 0.717) is 32.0 Å². The highest BCUT2D eigenvalue weighted by Crippen LogP contribution is 2.27. The fourth-order valence-electron chi connectivity index (χ4n) is 3.18. The summed E-state index contributed by atoms with van der Waals surface area (Å²) < 4.78 is 60.0. The van der Waals surface area contributed by atoms with Gasteiger partial charge in [0, 0.05) is 32.2 Å². The van der Waals surface area contributed by atoms with E-state index in [9.17, 15) is 22.0 Å². The predicted molar refractivity (Wildman–Crippen MR) is 124 cm³/mol. The quantitative estimate of drug-likeness (QED) is 0.391. The van der Waals surface area contributed by atoms with Gasteiger partial charge in [-0.05, 0) is 18.6 Å². The fraction of sp³-hybridized carbons (Fsp3) is 0.450. The number of amides is 2. The molecule has 1 aliphatic rings. The number of nitrogens with zero attached hydrogens (tertiary/aromatic N) is 3. The number of aromatic nitrogens is 2. The molecule has 2 amide bonds. The third-order valence-electron chi connectivity index (χ3n) is 4.81. The zero-order chi connectivity index (χ0) is 24.6. The van der Waals surface area contributed by atoms with Crippen molar-refractivity contribution in [2.75, 3.05) is 65.8 Å². The molecule has 0 atom stereocenters. The van der Waals surface area contributed by atoms with E-state index in [0.717, 1.165) is 31.8 Å². The van der Waals surface area contributed by atoms with Crippen LogP contribution in [0.2, 0.25) is 0 Å². The molecule has 1 aromatic heterocycles. The van der Waals surface area contributed by atoms with Gasteiger partial charge in [0.25, 0.3) is 0 Å². The van der Waals surface area contributed by atoms with Crippen molar-refractivity contribution < 1.29 is 26.7 Å². The van der Waals surface area contributed by atoms with Crippen molar-refractivity contribution in [2.24, 2.45) is 0 Å². The number of carbonyl (C=O) groups excluding carboxylic acids is 1. The van der Waals surface area contributed by atoms with Gasteiger partial charge in [-0.2, -0.15) is 0 Å². The van der Waals surface area contributed by atoms with E-state index >= 15 is 0 Å². The van der Waals surface area contributed by atoms with Gasteiger partial charge in [-0.3, -0.25) is 14.9 Å². The van der Waals surface area contributed by atoms with Gasteiger partial charge in [0.15, 0.2) is 5.82 Å². The number of benzene rings is 1. The number of halogens is 2. The lowest BCUT2D eigenvalue weighted by atomic mass is 10.2. The average molecular weight is 500 g/mol. The molecule has 0 saturated carbocycles. The van der Waals surface area contributed by atoms with E-state index in [2.05, 4.69) is 30.8 Å². The van der Waals surface area contributed by atoms with Crippen molar-refractivity contribution >= 4 is 39.1 Å². The molecule has 0 bridgehead atoms. The Morgan fingerprint density at radius 1 is 1.15 bits per heavy atom. The highest BCUT2D eigenvalue weighted by Gasteiger charge is 2.20. The molecule has 186 valence electrons. The summed E-state index contributed by atoms with van der Waals surface area (Å²) in [7, 11) is -3.81. The highest BCUT2D eigenvalue weighted by atomic mass is 32.2. The van der Waals surface area contributed by atoms with Gasteiger partial charge in [-0.1, -0.05) is 6.92 Å². The second-order valence-electron chi connectivity index (χ2n) is 7.45. The molecular weight excluding hydrogens is 472 g/mol. The zero-order valence-electron chi connectivity index (χ0n) is 18.6. The van der Waals surface area contributed by atoms with E-state index in [1.807, 2.05) is 4.72 Å². The molecule has 14 heteroatoms. The summed E-state index contributed by atoms with van der Waals surface area (Å²) >= 11 is 0. The standard InChI is InChI=1S/C20H27F2N7O4S/c1-2-11-34(31,32)28-15-4-3-14(21)19(18(15)22)27-20(30)26-17-12-16(24-13-25-17)23-5-6-29-7-9-33-10-8-29/h3-4,12-13,28H,2,5-11H2,1H3,(H3,23,24,25,26,27,30). The molecule has 0 spiro atoms. The van der Waals surface area contributed by atoms with Crippen LogP contribution in [0.15, 0.2) is 24.5 Å². The van der Waals surface area contributed by atoms with Crippen molar-refractivity contribution in [1.82, 2.24) is 14.9 Å². The number of rotatable bonds is 10. The maximum Gasteiger partial charge on any atom is 0.325 e. The molecule has 0 unspecified atom stereocenters. The first kappa shape index (κ1) is 25.5. The van der Waals surface area contributed by atoms with Crippen LogP contribution < -0.4 is 20.7 Å². The summed E-state index contributed by atoms with van der Waals surface area (Å²) in [6.07, 6.45) is 1.55. The van der Waals surface area contributed by atoms with Crippen LogP contribution in [0.5, 0.6) is 0 Å². The monoisotopic (exact) mass is 499 g/mol. The molecule has 1 fully saturated rings. The fourth-order valence-corrected chi connectivity index (χ4v) is 4.32. The Morgan fingerprint density at radius 3 is 2.62 bits per heavy atom. The van der Waals surface area contributed by atoms with E-state index < -0.39 is 39.1 Å². The number of ether oxygens (including phenoxy) is 1. The van der Waals surface area contributed by atoms with Crippen LogP contribution in [0, 0.1) is 11.6 Å². The molecule has 11 nitrogen and oxygen atoms in total. The first-order valence-electron chi connectivity index (χ1n) is 10.7. The number of nitrogens with one attached hydrogen (secondary N) is 4. The maximum absolute atomic E-state index is 14.7. The van der Waals surface area contributed by atoms with Crippen LogP contribution in [0.4, 0.5) is 36.6 Å². The minimum absolute atomic E-state index is 0.0991. The van der Waals surface area contributed by atoms with Crippen molar-refractivity contribution in [3.05, 3.63) is 36.2 Å². The van der Waals surface area contributed by atoms with Crippen LogP contribution in [0.3, 0.4) is 0 Å². The SMILES string of the molecule is CCCS(=O)(=O)Nc1ccc(F)c(NC(=O)Nc2cc(NCCN3CCOCC3)ncn2)c1F. The molecule has 0 radical (unpaired) electrons. The van der Waals surface area contributed by atoms with Gasteiger partial charge >= 0.3 is 6.03 Å². The van der Waals surface area contributed by atoms with Crippen molar-refractivity contribution in [2.45, 2.75) is 13.3 Å². The summed E-state index contributed by atoms with van der Waals surface area (Å²) in [6, 6.07) is 2.30. The minimum atomic E-state index is -3.81. The predicted octanol–water partition coefficient (Wildman–Crippen LogP) is 2.29. The third-order valence-corrected chi connectivity index (χ3v) is 6.29. The van der Waals surface area contributed by atoms with Crippen molar-refractivity contribution in [3.8, 4) is 0 Å². The van der Waals surface area contributed by atoms with Gasteiger partial charge in [0.2, 0.25) is 10.0 Å². The topological polar surface area (TPSA) is 138 Å². The number of anilines is 4. The van der Waals surface area contributed by atoms with E-state index in [4.69, 9.17) is 4.74 Å². The normalized spacial score (nSPS) is 14.4. The van der Waals surface area contributed by atoms with Gasteiger partial charge in [0.05, 0.1) is 24.7 Å². The lowest BCUT2D eigenvalue weighted by molar-refractivity contribution is 0.0398. The van der Waals surface area contributed by atoms with Gasteiger partial charge in [-0.15, -0.1) is 0 Å². The smallest absolute Gasteiger partial charge is 0.325 e. The first-order valence-corrected chi connectivity index (χ1v) is 12.3. The van der Waals surface area contributed by atoms with Crippen LogP contribution in [-0.2, 0) is 14.8 Å². The van der Waals surface area contributed by atoms with Gasteiger partial charge in [0.1, 0.15) is 29.5 Å². The molecular formula is C20H27F2N7O4S.